The SMILES string of the molecule is CCOc1cccc(C(C)NC(=O)C2CCCCC2(C)N)c1.Cl. The molecule has 4 nitrogen and oxygen atoms in total. The van der Waals surface area contributed by atoms with Crippen molar-refractivity contribution in [3.8, 4) is 5.75 Å². The second-order valence-electron chi connectivity index (χ2n) is 6.54. The van der Waals surface area contributed by atoms with Crippen molar-refractivity contribution in [1.29, 1.82) is 0 Å². The lowest BCUT2D eigenvalue weighted by molar-refractivity contribution is -0.128. The van der Waals surface area contributed by atoms with Crippen LogP contribution in [-0.4, -0.2) is 18.1 Å². The van der Waals surface area contributed by atoms with Gasteiger partial charge in [0.15, 0.2) is 0 Å². The lowest BCUT2D eigenvalue weighted by atomic mass is 9.74. The van der Waals surface area contributed by atoms with Gasteiger partial charge < -0.3 is 15.8 Å². The second kappa shape index (κ2) is 8.55. The summed E-state index contributed by atoms with van der Waals surface area (Å²) in [6.07, 6.45) is 3.99. The summed E-state index contributed by atoms with van der Waals surface area (Å²) in [7, 11) is 0. The molecule has 1 saturated carbocycles. The van der Waals surface area contributed by atoms with Gasteiger partial charge in [0.2, 0.25) is 5.91 Å². The van der Waals surface area contributed by atoms with Gasteiger partial charge in [-0.1, -0.05) is 25.0 Å². The van der Waals surface area contributed by atoms with Gasteiger partial charge in [0.05, 0.1) is 18.6 Å². The van der Waals surface area contributed by atoms with Crippen LogP contribution < -0.4 is 15.8 Å². The van der Waals surface area contributed by atoms with Crippen molar-refractivity contribution in [1.82, 2.24) is 5.32 Å². The third kappa shape index (κ3) is 5.11. The molecule has 1 aliphatic carbocycles. The highest BCUT2D eigenvalue weighted by atomic mass is 35.5. The summed E-state index contributed by atoms with van der Waals surface area (Å²) in [6.45, 7) is 6.59. The lowest BCUT2D eigenvalue weighted by Gasteiger charge is -2.37. The first-order valence-electron chi connectivity index (χ1n) is 8.26. The number of carbonyl (C=O) groups excluding carboxylic acids is 1. The Bertz CT molecular complexity index is 519. The van der Waals surface area contributed by atoms with Crippen molar-refractivity contribution in [3.05, 3.63) is 29.8 Å². The Labute approximate surface area is 145 Å². The molecule has 1 aromatic carbocycles. The van der Waals surface area contributed by atoms with E-state index in [0.29, 0.717) is 6.61 Å². The summed E-state index contributed by atoms with van der Waals surface area (Å²) >= 11 is 0. The number of nitrogens with one attached hydrogen (secondary N) is 1. The summed E-state index contributed by atoms with van der Waals surface area (Å²) < 4.78 is 5.52. The Balaban J connectivity index is 0.00000264. The molecule has 3 N–H and O–H groups in total. The largest absolute Gasteiger partial charge is 0.494 e. The highest BCUT2D eigenvalue weighted by Crippen LogP contribution is 2.32. The number of hydrogen-bond acceptors (Lipinski definition) is 3. The summed E-state index contributed by atoms with van der Waals surface area (Å²) in [6, 6.07) is 7.83. The molecule has 1 aliphatic rings. The van der Waals surface area contributed by atoms with Crippen molar-refractivity contribution < 1.29 is 9.53 Å². The van der Waals surface area contributed by atoms with E-state index in [4.69, 9.17) is 10.5 Å². The Morgan fingerprint density at radius 2 is 2.22 bits per heavy atom. The average molecular weight is 341 g/mol. The smallest absolute Gasteiger partial charge is 0.225 e. The van der Waals surface area contributed by atoms with Crippen LogP contribution in [-0.2, 0) is 4.79 Å². The van der Waals surface area contributed by atoms with Crippen LogP contribution in [0.1, 0.15) is 58.1 Å². The van der Waals surface area contributed by atoms with Crippen LogP contribution in [0.3, 0.4) is 0 Å². The van der Waals surface area contributed by atoms with E-state index in [9.17, 15) is 4.79 Å². The molecule has 0 bridgehead atoms. The number of hydrogen-bond donors (Lipinski definition) is 2. The fourth-order valence-corrected chi connectivity index (χ4v) is 3.23. The van der Waals surface area contributed by atoms with Gasteiger partial charge in [0.25, 0.3) is 0 Å². The van der Waals surface area contributed by atoms with Crippen LogP contribution in [0.4, 0.5) is 0 Å². The molecular formula is C18H29ClN2O2. The maximum atomic E-state index is 12.6. The highest BCUT2D eigenvalue weighted by molar-refractivity contribution is 5.85. The Hall–Kier alpha value is -1.26. The lowest BCUT2D eigenvalue weighted by Crippen LogP contribution is -2.53. The summed E-state index contributed by atoms with van der Waals surface area (Å²) in [5.74, 6) is 0.806. The van der Waals surface area contributed by atoms with Crippen molar-refractivity contribution in [2.24, 2.45) is 11.7 Å². The minimum absolute atomic E-state index is 0. The zero-order valence-corrected chi connectivity index (χ0v) is 15.1. The van der Waals surface area contributed by atoms with E-state index in [-0.39, 0.29) is 30.3 Å². The van der Waals surface area contributed by atoms with Gasteiger partial charge in [-0.2, -0.15) is 0 Å². The molecule has 130 valence electrons. The molecule has 1 amide bonds. The molecule has 5 heteroatoms. The van der Waals surface area contributed by atoms with E-state index in [1.165, 1.54) is 0 Å². The van der Waals surface area contributed by atoms with Crippen molar-refractivity contribution in [3.63, 3.8) is 0 Å². The molecule has 2 rings (SSSR count). The number of halogens is 1. The number of carbonyl (C=O) groups is 1. The van der Waals surface area contributed by atoms with Crippen LogP contribution in [0.2, 0.25) is 0 Å². The molecule has 0 saturated heterocycles. The molecule has 0 aromatic heterocycles. The Morgan fingerprint density at radius 3 is 2.87 bits per heavy atom. The van der Waals surface area contributed by atoms with Gasteiger partial charge in [-0.3, -0.25) is 4.79 Å². The van der Waals surface area contributed by atoms with Gasteiger partial charge in [-0.15, -0.1) is 12.4 Å². The first-order valence-corrected chi connectivity index (χ1v) is 8.26. The molecule has 1 fully saturated rings. The van der Waals surface area contributed by atoms with Crippen molar-refractivity contribution in [2.75, 3.05) is 6.61 Å². The topological polar surface area (TPSA) is 64.3 Å². The molecule has 1 aromatic rings. The quantitative estimate of drug-likeness (QED) is 0.860. The number of benzene rings is 1. The van der Waals surface area contributed by atoms with Crippen LogP contribution in [0.15, 0.2) is 24.3 Å². The number of nitrogens with two attached hydrogens (primary N) is 1. The van der Waals surface area contributed by atoms with Crippen molar-refractivity contribution >= 4 is 18.3 Å². The molecule has 23 heavy (non-hydrogen) atoms. The first-order chi connectivity index (χ1) is 10.4. The summed E-state index contributed by atoms with van der Waals surface area (Å²) in [5, 5.41) is 3.12. The van der Waals surface area contributed by atoms with E-state index in [1.54, 1.807) is 0 Å². The van der Waals surface area contributed by atoms with Crippen LogP contribution in [0.5, 0.6) is 5.75 Å². The predicted octanol–water partition coefficient (Wildman–Crippen LogP) is 3.59. The summed E-state index contributed by atoms with van der Waals surface area (Å²) in [4.78, 5) is 12.6. The third-order valence-electron chi connectivity index (χ3n) is 4.60. The molecule has 0 radical (unpaired) electrons. The third-order valence-corrected chi connectivity index (χ3v) is 4.60. The Kier molecular flexibility index (Phi) is 7.36. The predicted molar refractivity (Wildman–Crippen MR) is 96.0 cm³/mol. The number of rotatable bonds is 5. The fraction of sp³-hybridized carbons (Fsp3) is 0.611. The van der Waals surface area contributed by atoms with Crippen LogP contribution >= 0.6 is 12.4 Å². The van der Waals surface area contributed by atoms with Crippen LogP contribution in [0.25, 0.3) is 0 Å². The van der Waals surface area contributed by atoms with Gasteiger partial charge >= 0.3 is 0 Å². The minimum atomic E-state index is -0.394. The molecule has 0 aliphatic heterocycles. The molecule has 3 unspecified atom stereocenters. The average Bonchev–Trinajstić information content (AvgIpc) is 2.47. The van der Waals surface area contributed by atoms with Crippen LogP contribution in [0, 0.1) is 5.92 Å². The summed E-state index contributed by atoms with van der Waals surface area (Å²) in [5.41, 5.74) is 6.98. The Morgan fingerprint density at radius 1 is 1.48 bits per heavy atom. The zero-order valence-electron chi connectivity index (χ0n) is 14.3. The van der Waals surface area contributed by atoms with E-state index < -0.39 is 5.54 Å². The zero-order chi connectivity index (χ0) is 16.2. The fourth-order valence-electron chi connectivity index (χ4n) is 3.23. The normalized spacial score (nSPS) is 25.1. The number of amides is 1. The monoisotopic (exact) mass is 340 g/mol. The van der Waals surface area contributed by atoms with E-state index in [0.717, 1.165) is 37.0 Å². The maximum Gasteiger partial charge on any atom is 0.225 e. The van der Waals surface area contributed by atoms with Gasteiger partial charge in [-0.05, 0) is 51.3 Å². The van der Waals surface area contributed by atoms with Gasteiger partial charge in [0, 0.05) is 5.54 Å². The van der Waals surface area contributed by atoms with E-state index >= 15 is 0 Å². The molecular weight excluding hydrogens is 312 g/mol. The van der Waals surface area contributed by atoms with Gasteiger partial charge in [0.1, 0.15) is 5.75 Å². The van der Waals surface area contributed by atoms with E-state index in [2.05, 4.69) is 5.32 Å². The number of ether oxygens (including phenoxy) is 1. The van der Waals surface area contributed by atoms with E-state index in [1.807, 2.05) is 45.0 Å². The first kappa shape index (κ1) is 19.8. The second-order valence-corrected chi connectivity index (χ2v) is 6.54. The van der Waals surface area contributed by atoms with Gasteiger partial charge in [-0.25, -0.2) is 0 Å². The molecule has 3 atom stereocenters. The molecule has 0 heterocycles. The minimum Gasteiger partial charge on any atom is -0.494 e. The standard InChI is InChI=1S/C18H28N2O2.ClH/c1-4-22-15-9-7-8-14(12-15)13(2)20-17(21)16-10-5-6-11-18(16,3)19;/h7-9,12-13,16H,4-6,10-11,19H2,1-3H3,(H,20,21);1H. The van der Waals surface area contributed by atoms with Crippen molar-refractivity contribution in [2.45, 2.75) is 58.0 Å². The maximum absolute atomic E-state index is 12.6. The molecule has 0 spiro atoms. The highest BCUT2D eigenvalue weighted by Gasteiger charge is 2.38.